The van der Waals surface area contributed by atoms with Gasteiger partial charge in [0.1, 0.15) is 18.1 Å². The monoisotopic (exact) mass is 298 g/mol. The lowest BCUT2D eigenvalue weighted by Gasteiger charge is -2.10. The normalized spacial score (nSPS) is 14.1. The second kappa shape index (κ2) is 5.52. The van der Waals surface area contributed by atoms with Gasteiger partial charge in [0.2, 0.25) is 0 Å². The van der Waals surface area contributed by atoms with Crippen LogP contribution in [0.4, 0.5) is 0 Å². The third-order valence-electron chi connectivity index (χ3n) is 3.62. The van der Waals surface area contributed by atoms with Crippen molar-refractivity contribution >= 4 is 11.9 Å². The van der Waals surface area contributed by atoms with Crippen LogP contribution in [0.25, 0.3) is 0 Å². The lowest BCUT2D eigenvalue weighted by molar-refractivity contribution is -0.138. The summed E-state index contributed by atoms with van der Waals surface area (Å²) in [7, 11) is 0. The Morgan fingerprint density at radius 2 is 2.00 bits per heavy atom. The minimum absolute atomic E-state index is 0.251. The molecule has 1 heterocycles. The lowest BCUT2D eigenvalue weighted by Crippen LogP contribution is -2.07. The SMILES string of the molecule is C[C@@H](C(=O)O)c1cccc(Oc2ccc3c(c2)COC3=O)c1. The zero-order valence-electron chi connectivity index (χ0n) is 11.9. The number of aliphatic carboxylic acids is 1. The maximum absolute atomic E-state index is 11.4. The molecule has 2 aromatic rings. The number of hydrogen-bond acceptors (Lipinski definition) is 4. The van der Waals surface area contributed by atoms with E-state index in [4.69, 9.17) is 14.6 Å². The molecule has 0 amide bonds. The number of carbonyl (C=O) groups excluding carboxylic acids is 1. The maximum Gasteiger partial charge on any atom is 0.338 e. The van der Waals surface area contributed by atoms with Crippen molar-refractivity contribution in [1.29, 1.82) is 0 Å². The average molecular weight is 298 g/mol. The average Bonchev–Trinajstić information content (AvgIpc) is 2.87. The Balaban J connectivity index is 1.83. The second-order valence-electron chi connectivity index (χ2n) is 5.13. The number of rotatable bonds is 4. The van der Waals surface area contributed by atoms with Gasteiger partial charge >= 0.3 is 11.9 Å². The Morgan fingerprint density at radius 1 is 1.23 bits per heavy atom. The Bertz CT molecular complexity index is 750. The van der Waals surface area contributed by atoms with Crippen LogP contribution in [0.2, 0.25) is 0 Å². The number of carbonyl (C=O) groups is 2. The van der Waals surface area contributed by atoms with Crippen LogP contribution in [0.3, 0.4) is 0 Å². The van der Waals surface area contributed by atoms with Gasteiger partial charge in [-0.25, -0.2) is 4.79 Å². The maximum atomic E-state index is 11.4. The van der Waals surface area contributed by atoms with E-state index in [0.717, 1.165) is 5.56 Å². The smallest absolute Gasteiger partial charge is 0.338 e. The highest BCUT2D eigenvalue weighted by atomic mass is 16.5. The molecular formula is C17H14O5. The fourth-order valence-corrected chi connectivity index (χ4v) is 2.30. The van der Waals surface area contributed by atoms with E-state index in [1.54, 1.807) is 49.4 Å². The van der Waals surface area contributed by atoms with Gasteiger partial charge in [-0.15, -0.1) is 0 Å². The summed E-state index contributed by atoms with van der Waals surface area (Å²) in [6, 6.07) is 12.1. The molecule has 0 fully saturated rings. The van der Waals surface area contributed by atoms with E-state index in [1.807, 2.05) is 0 Å². The number of hydrogen-bond donors (Lipinski definition) is 1. The van der Waals surface area contributed by atoms with E-state index >= 15 is 0 Å². The van der Waals surface area contributed by atoms with E-state index in [0.29, 0.717) is 22.6 Å². The zero-order chi connectivity index (χ0) is 15.7. The Morgan fingerprint density at radius 3 is 2.77 bits per heavy atom. The molecule has 3 rings (SSSR count). The van der Waals surface area contributed by atoms with Crippen LogP contribution in [0.1, 0.15) is 34.3 Å². The molecule has 1 N–H and O–H groups in total. The number of benzene rings is 2. The molecule has 0 radical (unpaired) electrons. The van der Waals surface area contributed by atoms with Gasteiger partial charge in [-0.05, 0) is 42.8 Å². The van der Waals surface area contributed by atoms with Crippen LogP contribution in [-0.2, 0) is 16.1 Å². The van der Waals surface area contributed by atoms with Crippen LogP contribution in [0.15, 0.2) is 42.5 Å². The molecule has 1 atom stereocenters. The molecule has 0 saturated heterocycles. The third-order valence-corrected chi connectivity index (χ3v) is 3.62. The first-order valence-electron chi connectivity index (χ1n) is 6.85. The fraction of sp³-hybridized carbons (Fsp3) is 0.176. The quantitative estimate of drug-likeness (QED) is 0.876. The minimum Gasteiger partial charge on any atom is -0.481 e. The van der Waals surface area contributed by atoms with Crippen LogP contribution in [0.5, 0.6) is 11.5 Å². The highest BCUT2D eigenvalue weighted by Gasteiger charge is 2.21. The van der Waals surface area contributed by atoms with Gasteiger partial charge < -0.3 is 14.6 Å². The van der Waals surface area contributed by atoms with Gasteiger partial charge in [-0.3, -0.25) is 4.79 Å². The van der Waals surface area contributed by atoms with Gasteiger partial charge in [0, 0.05) is 5.56 Å². The van der Waals surface area contributed by atoms with Crippen molar-refractivity contribution in [2.75, 3.05) is 0 Å². The molecule has 0 aliphatic carbocycles. The van der Waals surface area contributed by atoms with Crippen LogP contribution in [-0.4, -0.2) is 17.0 Å². The fourth-order valence-electron chi connectivity index (χ4n) is 2.30. The number of cyclic esters (lactones) is 1. The largest absolute Gasteiger partial charge is 0.481 e. The Labute approximate surface area is 127 Å². The molecule has 0 saturated carbocycles. The number of carboxylic acids is 1. The lowest BCUT2D eigenvalue weighted by atomic mass is 10.0. The zero-order valence-corrected chi connectivity index (χ0v) is 11.9. The summed E-state index contributed by atoms with van der Waals surface area (Å²) in [6.07, 6.45) is 0. The molecule has 1 aliphatic rings. The molecule has 1 aliphatic heterocycles. The van der Waals surface area contributed by atoms with Crippen LogP contribution < -0.4 is 4.74 Å². The number of carboxylic acid groups (broad SMARTS) is 1. The summed E-state index contributed by atoms with van der Waals surface area (Å²) in [5.74, 6) is -0.674. The second-order valence-corrected chi connectivity index (χ2v) is 5.13. The molecular weight excluding hydrogens is 284 g/mol. The van der Waals surface area contributed by atoms with Gasteiger partial charge in [-0.2, -0.15) is 0 Å². The minimum atomic E-state index is -0.884. The van der Waals surface area contributed by atoms with Crippen molar-refractivity contribution in [2.24, 2.45) is 0 Å². The number of ether oxygens (including phenoxy) is 2. The van der Waals surface area contributed by atoms with E-state index in [9.17, 15) is 9.59 Å². The molecule has 112 valence electrons. The summed E-state index contributed by atoms with van der Waals surface area (Å²) in [6.45, 7) is 1.88. The standard InChI is InChI=1S/C17H14O5/c1-10(16(18)19)11-3-2-4-13(7-11)22-14-5-6-15-12(8-14)9-21-17(15)20/h2-8,10H,9H2,1H3,(H,18,19)/t10-/m1/s1. The molecule has 0 bridgehead atoms. The molecule has 5 heteroatoms. The summed E-state index contributed by atoms with van der Waals surface area (Å²) in [5, 5.41) is 9.06. The summed E-state index contributed by atoms with van der Waals surface area (Å²) >= 11 is 0. The van der Waals surface area contributed by atoms with Crippen molar-refractivity contribution in [3.8, 4) is 11.5 Å². The molecule has 2 aromatic carbocycles. The highest BCUT2D eigenvalue weighted by molar-refractivity contribution is 5.93. The van der Waals surface area contributed by atoms with Gasteiger partial charge in [-0.1, -0.05) is 12.1 Å². The third kappa shape index (κ3) is 2.65. The molecule has 0 unspecified atom stereocenters. The van der Waals surface area contributed by atoms with Crippen LogP contribution >= 0.6 is 0 Å². The summed E-state index contributed by atoms with van der Waals surface area (Å²) < 4.78 is 10.7. The predicted octanol–water partition coefficient (Wildman–Crippen LogP) is 3.34. The number of esters is 1. The summed E-state index contributed by atoms with van der Waals surface area (Å²) in [4.78, 5) is 22.4. The first-order chi connectivity index (χ1) is 10.5. The van der Waals surface area contributed by atoms with Gasteiger partial charge in [0.25, 0.3) is 0 Å². The van der Waals surface area contributed by atoms with E-state index in [-0.39, 0.29) is 12.6 Å². The van der Waals surface area contributed by atoms with Crippen molar-refractivity contribution in [1.82, 2.24) is 0 Å². The molecule has 0 spiro atoms. The molecule has 5 nitrogen and oxygen atoms in total. The van der Waals surface area contributed by atoms with Crippen molar-refractivity contribution in [2.45, 2.75) is 19.4 Å². The van der Waals surface area contributed by atoms with Crippen molar-refractivity contribution in [3.05, 3.63) is 59.2 Å². The highest BCUT2D eigenvalue weighted by Crippen LogP contribution is 2.29. The molecule has 22 heavy (non-hydrogen) atoms. The van der Waals surface area contributed by atoms with Gasteiger partial charge in [0.05, 0.1) is 11.5 Å². The van der Waals surface area contributed by atoms with Gasteiger partial charge in [0.15, 0.2) is 0 Å². The van der Waals surface area contributed by atoms with Crippen LogP contribution in [0, 0.1) is 0 Å². The predicted molar refractivity (Wildman–Crippen MR) is 78.1 cm³/mol. The van der Waals surface area contributed by atoms with E-state index in [2.05, 4.69) is 0 Å². The topological polar surface area (TPSA) is 72.8 Å². The summed E-state index contributed by atoms with van der Waals surface area (Å²) in [5.41, 5.74) is 2.02. The first kappa shape index (κ1) is 14.1. The Hall–Kier alpha value is -2.82. The number of fused-ring (bicyclic) bond motifs is 1. The molecule has 0 aromatic heterocycles. The Kier molecular flexibility index (Phi) is 3.55. The van der Waals surface area contributed by atoms with Crippen molar-refractivity contribution < 1.29 is 24.2 Å². The van der Waals surface area contributed by atoms with E-state index in [1.165, 1.54) is 0 Å². The first-order valence-corrected chi connectivity index (χ1v) is 6.85. The van der Waals surface area contributed by atoms with Crippen molar-refractivity contribution in [3.63, 3.8) is 0 Å². The van der Waals surface area contributed by atoms with E-state index < -0.39 is 11.9 Å².